The lowest BCUT2D eigenvalue weighted by atomic mass is 9.87. The van der Waals surface area contributed by atoms with E-state index in [2.05, 4.69) is 18.2 Å². The highest BCUT2D eigenvalue weighted by molar-refractivity contribution is 5.86. The molecule has 2 fully saturated rings. The zero-order valence-corrected chi connectivity index (χ0v) is 25.6. The van der Waals surface area contributed by atoms with Gasteiger partial charge in [-0.15, -0.1) is 0 Å². The normalized spacial score (nSPS) is 21.0. The largest absolute Gasteiger partial charge is 0.493 e. The lowest BCUT2D eigenvalue weighted by molar-refractivity contribution is -0.290. The van der Waals surface area contributed by atoms with Crippen molar-refractivity contribution in [2.45, 2.75) is 104 Å². The van der Waals surface area contributed by atoms with Gasteiger partial charge in [0.25, 0.3) is 0 Å². The second-order valence-corrected chi connectivity index (χ2v) is 13.2. The van der Waals surface area contributed by atoms with E-state index in [0.717, 1.165) is 57.8 Å². The van der Waals surface area contributed by atoms with Gasteiger partial charge in [-0.2, -0.15) is 0 Å². The van der Waals surface area contributed by atoms with Crippen LogP contribution < -0.4 is 4.74 Å². The van der Waals surface area contributed by atoms with Crippen LogP contribution in [0.2, 0.25) is 0 Å². The van der Waals surface area contributed by atoms with E-state index in [1.54, 1.807) is 0 Å². The van der Waals surface area contributed by atoms with Crippen LogP contribution in [0.1, 0.15) is 90.5 Å². The minimum Gasteiger partial charge on any atom is -0.493 e. The Morgan fingerprint density at radius 1 is 1.09 bits per heavy atom. The van der Waals surface area contributed by atoms with Crippen LogP contribution in [0.15, 0.2) is 54.6 Å². The average molecular weight is 602 g/mol. The lowest BCUT2D eigenvalue weighted by Gasteiger charge is -2.39. The second-order valence-electron chi connectivity index (χ2n) is 13.2. The Labute approximate surface area is 260 Å². The van der Waals surface area contributed by atoms with Crippen molar-refractivity contribution in [2.75, 3.05) is 6.61 Å². The Bertz CT molecular complexity index is 1530. The molecule has 1 saturated carbocycles. The minimum absolute atomic E-state index is 0. The smallest absolute Gasteiger partial charge is 0.308 e. The number of esters is 1. The van der Waals surface area contributed by atoms with Gasteiger partial charge in [-0.25, -0.2) is 4.39 Å². The Morgan fingerprint density at radius 2 is 1.82 bits per heavy atom. The van der Waals surface area contributed by atoms with Gasteiger partial charge in [0.1, 0.15) is 17.2 Å². The topological polar surface area (TPSA) is 66.9 Å². The number of carbonyl (C=O) groups is 1. The number of carbonyl (C=O) groups excluding carboxylic acids is 1. The molecule has 0 unspecified atom stereocenters. The van der Waals surface area contributed by atoms with Gasteiger partial charge in [-0.3, -0.25) is 9.78 Å². The first-order valence-corrected chi connectivity index (χ1v) is 15.3. The van der Waals surface area contributed by atoms with E-state index in [4.69, 9.17) is 23.9 Å². The molecule has 2 aromatic carbocycles. The van der Waals surface area contributed by atoms with Gasteiger partial charge in [0.15, 0.2) is 5.79 Å². The number of benzene rings is 2. The molecule has 3 aliphatic rings. The molecule has 0 amide bonds. The fourth-order valence-electron chi connectivity index (χ4n) is 6.12. The zero-order valence-electron chi connectivity index (χ0n) is 25.6. The highest BCUT2D eigenvalue weighted by Gasteiger charge is 2.37. The Hall–Kier alpha value is -3.55. The maximum atomic E-state index is 14.1. The van der Waals surface area contributed by atoms with E-state index in [1.807, 2.05) is 65.0 Å². The zero-order chi connectivity index (χ0) is 30.4. The summed E-state index contributed by atoms with van der Waals surface area (Å²) < 4.78 is 38.2. The predicted octanol–water partition coefficient (Wildman–Crippen LogP) is 8.66. The van der Waals surface area contributed by atoms with E-state index < -0.39 is 11.4 Å². The van der Waals surface area contributed by atoms with Gasteiger partial charge in [-0.1, -0.05) is 43.8 Å². The number of halogens is 1. The van der Waals surface area contributed by atoms with Crippen molar-refractivity contribution in [3.05, 3.63) is 77.2 Å². The molecule has 2 atom stereocenters. The Morgan fingerprint density at radius 3 is 2.52 bits per heavy atom. The van der Waals surface area contributed by atoms with Crippen LogP contribution in [-0.4, -0.2) is 41.2 Å². The van der Waals surface area contributed by atoms with Crippen molar-refractivity contribution in [3.63, 3.8) is 0 Å². The molecule has 6 rings (SSSR count). The molecule has 0 N–H and O–H groups in total. The molecule has 1 aliphatic carbocycles. The van der Waals surface area contributed by atoms with Gasteiger partial charge in [0.2, 0.25) is 0 Å². The fourth-order valence-corrected chi connectivity index (χ4v) is 6.12. The molecule has 0 bridgehead atoms. The van der Waals surface area contributed by atoms with E-state index >= 15 is 0 Å². The molecular weight excluding hydrogens is 557 g/mol. The molecule has 1 saturated heterocycles. The van der Waals surface area contributed by atoms with Gasteiger partial charge in [-0.05, 0) is 88.4 Å². The Kier molecular flexibility index (Phi) is 9.01. The summed E-state index contributed by atoms with van der Waals surface area (Å²) in [5.74, 6) is -0.243. The van der Waals surface area contributed by atoms with Crippen LogP contribution >= 0.6 is 0 Å². The van der Waals surface area contributed by atoms with Crippen molar-refractivity contribution in [3.8, 4) is 28.1 Å². The van der Waals surface area contributed by atoms with Crippen molar-refractivity contribution in [2.24, 2.45) is 0 Å². The Balaban J connectivity index is 0.00000384. The number of pyridine rings is 1. The summed E-state index contributed by atoms with van der Waals surface area (Å²) in [5.41, 5.74) is 6.53. The van der Waals surface area contributed by atoms with Crippen LogP contribution in [0.25, 0.3) is 28.5 Å². The molecule has 3 heterocycles. The minimum atomic E-state index is -0.869. The number of ether oxygens (including phenoxy) is 4. The van der Waals surface area contributed by atoms with Gasteiger partial charge < -0.3 is 18.9 Å². The molecule has 3 aromatic rings. The maximum absolute atomic E-state index is 14.1. The second kappa shape index (κ2) is 12.4. The summed E-state index contributed by atoms with van der Waals surface area (Å²) >= 11 is 0. The van der Waals surface area contributed by atoms with Crippen molar-refractivity contribution in [1.29, 1.82) is 0 Å². The maximum Gasteiger partial charge on any atom is 0.308 e. The summed E-state index contributed by atoms with van der Waals surface area (Å²) in [6.07, 6.45) is 7.06. The van der Waals surface area contributed by atoms with Crippen LogP contribution in [0.5, 0.6) is 5.75 Å². The summed E-state index contributed by atoms with van der Waals surface area (Å²) in [7, 11) is 0. The van der Waals surface area contributed by atoms with Gasteiger partial charge in [0, 0.05) is 29.9 Å². The quantitative estimate of drug-likeness (QED) is 0.264. The number of hydrogen-bond acceptors (Lipinski definition) is 6. The van der Waals surface area contributed by atoms with Crippen LogP contribution in [-0.2, 0) is 25.4 Å². The highest BCUT2D eigenvalue weighted by atomic mass is 19.1. The molecule has 44 heavy (non-hydrogen) atoms. The molecule has 0 radical (unpaired) electrons. The highest BCUT2D eigenvalue weighted by Crippen LogP contribution is 2.48. The van der Waals surface area contributed by atoms with E-state index in [9.17, 15) is 9.18 Å². The first-order valence-electron chi connectivity index (χ1n) is 15.3. The summed E-state index contributed by atoms with van der Waals surface area (Å²) in [6, 6.07) is 14.8. The standard InChI is InChI=1S/C36H40FNO5.CH4/c1-35(2,3)43-31(39)21-26-20-25(41-36(4,5)42-26)16-17-28-32(22-12-14-24(37)15-13-22)29-18-19-40-30-9-7-6-8-27(30)34(29)38-33(28)23-10-11-23;/h6-9,12-17,23,25-26H,10-11,18-21H2,1-5H3;1H4/b17-16+;/t25-,26-;/m1./s1. The van der Waals surface area contributed by atoms with Crippen molar-refractivity contribution in [1.82, 2.24) is 4.98 Å². The third-order valence-electron chi connectivity index (χ3n) is 7.89. The third-order valence-corrected chi connectivity index (χ3v) is 7.89. The molecule has 7 heteroatoms. The van der Waals surface area contributed by atoms with E-state index in [1.165, 1.54) is 12.1 Å². The van der Waals surface area contributed by atoms with Crippen molar-refractivity contribution < 1.29 is 28.1 Å². The van der Waals surface area contributed by atoms with Crippen LogP contribution in [0, 0.1) is 5.82 Å². The molecular formula is C37H44FNO5. The van der Waals surface area contributed by atoms with Gasteiger partial charge >= 0.3 is 5.97 Å². The van der Waals surface area contributed by atoms with Crippen molar-refractivity contribution >= 4 is 12.0 Å². The number of para-hydroxylation sites is 1. The summed E-state index contributed by atoms with van der Waals surface area (Å²) in [4.78, 5) is 18.0. The number of aromatic nitrogens is 1. The first-order chi connectivity index (χ1) is 20.5. The molecule has 1 aromatic heterocycles. The lowest BCUT2D eigenvalue weighted by Crippen LogP contribution is -2.45. The van der Waals surface area contributed by atoms with Gasteiger partial charge in [0.05, 0.1) is 36.6 Å². The third kappa shape index (κ3) is 7.22. The molecule has 6 nitrogen and oxygen atoms in total. The number of fused-ring (bicyclic) bond motifs is 3. The molecule has 234 valence electrons. The summed E-state index contributed by atoms with van der Waals surface area (Å²) in [5, 5.41) is 0. The first kappa shape index (κ1) is 31.9. The number of hydrogen-bond donors (Lipinski definition) is 0. The van der Waals surface area contributed by atoms with Crippen LogP contribution in [0.3, 0.4) is 0 Å². The summed E-state index contributed by atoms with van der Waals surface area (Å²) in [6.45, 7) is 9.85. The SMILES string of the molecule is C.CC(C)(C)OC(=O)C[C@H]1C[C@@H](/C=C/c2c(C3CC3)nc3c(c2-c2ccc(F)cc2)CCOc2ccccc2-3)OC(C)(C)O1. The van der Waals surface area contributed by atoms with E-state index in [0.29, 0.717) is 25.4 Å². The number of rotatable bonds is 6. The predicted molar refractivity (Wildman–Crippen MR) is 171 cm³/mol. The number of nitrogens with zero attached hydrogens (tertiary/aromatic N) is 1. The fraction of sp³-hybridized carbons (Fsp3) is 0.459. The van der Waals surface area contributed by atoms with Crippen LogP contribution in [0.4, 0.5) is 4.39 Å². The van der Waals surface area contributed by atoms with E-state index in [-0.39, 0.29) is 37.8 Å². The molecule has 2 aliphatic heterocycles. The monoisotopic (exact) mass is 601 g/mol. The molecule has 0 spiro atoms. The average Bonchev–Trinajstić information content (AvgIpc) is 3.77.